The molecule has 35 heavy (non-hydrogen) atoms. The summed E-state index contributed by atoms with van der Waals surface area (Å²) in [4.78, 5) is 37.2. The van der Waals surface area contributed by atoms with Gasteiger partial charge in [-0.2, -0.15) is 4.98 Å². The summed E-state index contributed by atoms with van der Waals surface area (Å²) in [5, 5.41) is 2.05. The molecule has 0 spiro atoms. The molecule has 2 N–H and O–H groups in total. The van der Waals surface area contributed by atoms with Crippen LogP contribution in [0.4, 0.5) is 18.0 Å². The number of thioether (sulfide) groups is 1. The van der Waals surface area contributed by atoms with E-state index in [1.165, 1.54) is 4.90 Å². The molecule has 2 aromatic heterocycles. The number of carbonyl (C=O) groups excluding carboxylic acids is 1. The fourth-order valence-corrected chi connectivity index (χ4v) is 5.05. The molecule has 0 unspecified atom stereocenters. The molecule has 1 amide bonds. The predicted molar refractivity (Wildman–Crippen MR) is 124 cm³/mol. The van der Waals surface area contributed by atoms with E-state index in [1.807, 2.05) is 0 Å². The highest BCUT2D eigenvalue weighted by Gasteiger charge is 2.51. The van der Waals surface area contributed by atoms with Crippen molar-refractivity contribution in [3.8, 4) is 5.88 Å². The summed E-state index contributed by atoms with van der Waals surface area (Å²) < 4.78 is 54.4. The van der Waals surface area contributed by atoms with Gasteiger partial charge in [0.05, 0.1) is 12.1 Å². The molecule has 2 fully saturated rings. The topological polar surface area (TPSA) is 109 Å². The van der Waals surface area contributed by atoms with Crippen molar-refractivity contribution in [3.63, 3.8) is 0 Å². The Hall–Kier alpha value is -2.25. The lowest BCUT2D eigenvalue weighted by atomic mass is 9.99. The fraction of sp³-hybridized carbons (Fsp3) is 0.619. The molecule has 4 atom stereocenters. The molecule has 4 heterocycles. The molecule has 2 aliphatic rings. The van der Waals surface area contributed by atoms with E-state index >= 15 is 0 Å². The summed E-state index contributed by atoms with van der Waals surface area (Å²) in [6.45, 7) is 5.42. The van der Waals surface area contributed by atoms with E-state index in [-0.39, 0.29) is 17.7 Å². The van der Waals surface area contributed by atoms with E-state index in [0.717, 1.165) is 11.8 Å². The summed E-state index contributed by atoms with van der Waals surface area (Å²) in [5.41, 5.74) is -2.00. The summed E-state index contributed by atoms with van der Waals surface area (Å²) >= 11 is 6.94. The van der Waals surface area contributed by atoms with E-state index in [2.05, 4.69) is 20.3 Å². The normalized spacial score (nSPS) is 23.1. The lowest BCUT2D eigenvalue weighted by Gasteiger charge is -2.43. The van der Waals surface area contributed by atoms with Gasteiger partial charge in [-0.3, -0.25) is 9.69 Å². The summed E-state index contributed by atoms with van der Waals surface area (Å²) in [5.74, 6) is -1.63. The van der Waals surface area contributed by atoms with Gasteiger partial charge in [-0.25, -0.2) is 22.9 Å². The highest BCUT2D eigenvalue weighted by atomic mass is 35.5. The SMILES string of the molecule is CSc1nc2c(F)c(Cl)nc(O[C@@H](C(F)F)[C@H]3NC[C@H]4CC[C@@H]3N4C(=O)OC(C)(C)C)c2c(=O)[nH]1. The highest BCUT2D eigenvalue weighted by molar-refractivity contribution is 7.98. The van der Waals surface area contributed by atoms with Crippen LogP contribution in [0.25, 0.3) is 10.9 Å². The van der Waals surface area contributed by atoms with E-state index < -0.39 is 69.6 Å². The van der Waals surface area contributed by atoms with Gasteiger partial charge in [0.2, 0.25) is 5.88 Å². The van der Waals surface area contributed by atoms with Crippen LogP contribution in [0, 0.1) is 5.82 Å². The predicted octanol–water partition coefficient (Wildman–Crippen LogP) is 3.58. The quantitative estimate of drug-likeness (QED) is 0.340. The number of rotatable bonds is 5. The first-order chi connectivity index (χ1) is 16.4. The minimum Gasteiger partial charge on any atom is -0.466 e. The molecule has 9 nitrogen and oxygen atoms in total. The summed E-state index contributed by atoms with van der Waals surface area (Å²) in [6, 6.07) is -1.87. The number of piperazine rings is 1. The number of pyridine rings is 1. The van der Waals surface area contributed by atoms with Crippen molar-refractivity contribution in [1.29, 1.82) is 0 Å². The maximum absolute atomic E-state index is 14.6. The van der Waals surface area contributed by atoms with Crippen LogP contribution in [0.2, 0.25) is 5.15 Å². The van der Waals surface area contributed by atoms with Crippen molar-refractivity contribution in [2.45, 2.75) is 75.0 Å². The van der Waals surface area contributed by atoms with Crippen molar-refractivity contribution >= 4 is 40.4 Å². The Labute approximate surface area is 208 Å². The van der Waals surface area contributed by atoms with Crippen LogP contribution in [0.15, 0.2) is 9.95 Å². The molecule has 2 bridgehead atoms. The molecular formula is C21H25ClF3N5O4S. The van der Waals surface area contributed by atoms with Gasteiger partial charge in [-0.05, 0) is 39.9 Å². The molecule has 0 saturated carbocycles. The Bertz CT molecular complexity index is 1190. The number of hydrogen-bond acceptors (Lipinski definition) is 8. The molecule has 192 valence electrons. The maximum atomic E-state index is 14.6. The van der Waals surface area contributed by atoms with Crippen LogP contribution in [0.1, 0.15) is 33.6 Å². The monoisotopic (exact) mass is 535 g/mol. The van der Waals surface area contributed by atoms with E-state index in [4.69, 9.17) is 21.1 Å². The average Bonchev–Trinajstić information content (AvgIpc) is 3.08. The third-order valence-electron chi connectivity index (χ3n) is 5.90. The zero-order chi connectivity index (χ0) is 25.7. The first kappa shape index (κ1) is 25.8. The largest absolute Gasteiger partial charge is 0.466 e. The Morgan fingerprint density at radius 3 is 2.63 bits per heavy atom. The summed E-state index contributed by atoms with van der Waals surface area (Å²) in [6.07, 6.45) is -2.79. The van der Waals surface area contributed by atoms with Crippen molar-refractivity contribution in [3.05, 3.63) is 21.3 Å². The molecule has 2 saturated heterocycles. The number of fused-ring (bicyclic) bond motifs is 3. The highest BCUT2D eigenvalue weighted by Crippen LogP contribution is 2.36. The van der Waals surface area contributed by atoms with Gasteiger partial charge in [0.1, 0.15) is 16.5 Å². The van der Waals surface area contributed by atoms with Gasteiger partial charge >= 0.3 is 6.09 Å². The number of nitrogens with zero attached hydrogens (tertiary/aromatic N) is 3. The second-order valence-corrected chi connectivity index (χ2v) is 10.5. The number of H-pyrrole nitrogens is 1. The number of amides is 1. The van der Waals surface area contributed by atoms with Crippen LogP contribution < -0.4 is 15.6 Å². The second-order valence-electron chi connectivity index (χ2n) is 9.36. The zero-order valence-corrected chi connectivity index (χ0v) is 21.0. The molecule has 14 heteroatoms. The van der Waals surface area contributed by atoms with Crippen LogP contribution >= 0.6 is 23.4 Å². The molecule has 0 aromatic carbocycles. The minimum atomic E-state index is -3.04. The minimum absolute atomic E-state index is 0.110. The number of ether oxygens (including phenoxy) is 2. The van der Waals surface area contributed by atoms with Crippen LogP contribution in [0.5, 0.6) is 5.88 Å². The lowest BCUT2D eigenvalue weighted by molar-refractivity contribution is -0.0470. The second kappa shape index (κ2) is 9.66. The van der Waals surface area contributed by atoms with Gasteiger partial charge < -0.3 is 19.8 Å². The van der Waals surface area contributed by atoms with Crippen molar-refractivity contribution in [2.75, 3.05) is 12.8 Å². The van der Waals surface area contributed by atoms with Gasteiger partial charge in [0.15, 0.2) is 22.2 Å². The van der Waals surface area contributed by atoms with Gasteiger partial charge in [-0.1, -0.05) is 23.4 Å². The number of halogens is 4. The zero-order valence-electron chi connectivity index (χ0n) is 19.4. The standard InChI is InChI=1S/C21H25ClF3N5O4S/c1-21(2,3)34-20(32)30-8-5-6-9(30)12(26-7-8)14(16(24)25)33-18-10-13(11(23)15(22)28-18)27-19(35-4)29-17(10)31/h8-9,12,14,16,26H,5-7H2,1-4H3,(H,27,29,31)/t8-,9+,12+,14-/m1/s1. The first-order valence-electron chi connectivity index (χ1n) is 10.9. The molecule has 0 radical (unpaired) electrons. The molecule has 2 aliphatic heterocycles. The van der Waals surface area contributed by atoms with Crippen molar-refractivity contribution in [2.24, 2.45) is 0 Å². The Morgan fingerprint density at radius 1 is 1.29 bits per heavy atom. The number of aromatic nitrogens is 3. The van der Waals surface area contributed by atoms with Crippen molar-refractivity contribution < 1.29 is 27.4 Å². The molecule has 4 rings (SSSR count). The van der Waals surface area contributed by atoms with Crippen LogP contribution in [-0.4, -0.2) is 75.0 Å². The first-order valence-corrected chi connectivity index (χ1v) is 12.5. The fourth-order valence-electron chi connectivity index (χ4n) is 4.50. The van der Waals surface area contributed by atoms with Gasteiger partial charge in [-0.15, -0.1) is 0 Å². The molecule has 0 aliphatic carbocycles. The smallest absolute Gasteiger partial charge is 0.410 e. The van der Waals surface area contributed by atoms with Crippen molar-refractivity contribution in [1.82, 2.24) is 25.2 Å². The van der Waals surface area contributed by atoms with Gasteiger partial charge in [0, 0.05) is 12.6 Å². The molecular weight excluding hydrogens is 511 g/mol. The molecule has 2 aromatic rings. The summed E-state index contributed by atoms with van der Waals surface area (Å²) in [7, 11) is 0. The van der Waals surface area contributed by atoms with Gasteiger partial charge in [0.25, 0.3) is 12.0 Å². The van der Waals surface area contributed by atoms with E-state index in [9.17, 15) is 22.8 Å². The van der Waals surface area contributed by atoms with Crippen LogP contribution in [-0.2, 0) is 4.74 Å². The Kier molecular flexibility index (Phi) is 7.13. The Morgan fingerprint density at radius 2 is 2.00 bits per heavy atom. The van der Waals surface area contributed by atoms with E-state index in [1.54, 1.807) is 27.0 Å². The Balaban J connectivity index is 1.71. The number of alkyl halides is 2. The maximum Gasteiger partial charge on any atom is 0.410 e. The van der Waals surface area contributed by atoms with E-state index in [0.29, 0.717) is 12.8 Å². The van der Waals surface area contributed by atoms with Crippen LogP contribution in [0.3, 0.4) is 0 Å². The average molecular weight is 536 g/mol. The number of nitrogens with one attached hydrogen (secondary N) is 2. The lowest BCUT2D eigenvalue weighted by Crippen LogP contribution is -2.65. The third kappa shape index (κ3) is 5.03. The number of aromatic amines is 1. The number of carbonyl (C=O) groups is 1. The third-order valence-corrected chi connectivity index (χ3v) is 6.73. The number of hydrogen-bond donors (Lipinski definition) is 2.